The predicted octanol–water partition coefficient (Wildman–Crippen LogP) is 2.24. The Hall–Kier alpha value is -3.20. The van der Waals surface area contributed by atoms with Crippen molar-refractivity contribution in [2.24, 2.45) is 5.92 Å². The molecule has 1 aromatic carbocycles. The maximum atomic E-state index is 13.7. The highest BCUT2D eigenvalue weighted by Crippen LogP contribution is 2.36. The Kier molecular flexibility index (Phi) is 3.86. The summed E-state index contributed by atoms with van der Waals surface area (Å²) in [6, 6.07) is 4.73. The number of allylic oxidation sites excluding steroid dienone is 1. The zero-order valence-electron chi connectivity index (χ0n) is 14.5. The van der Waals surface area contributed by atoms with Crippen LogP contribution in [-0.2, 0) is 6.54 Å². The molecule has 3 aromatic rings. The van der Waals surface area contributed by atoms with Crippen molar-refractivity contribution in [3.63, 3.8) is 0 Å². The van der Waals surface area contributed by atoms with Gasteiger partial charge in [-0.15, -0.1) is 0 Å². The van der Waals surface area contributed by atoms with Crippen LogP contribution < -0.4 is 21.5 Å². The van der Waals surface area contributed by atoms with E-state index in [0.717, 1.165) is 10.9 Å². The number of rotatable bonds is 6. The van der Waals surface area contributed by atoms with Gasteiger partial charge in [0, 0.05) is 23.8 Å². The van der Waals surface area contributed by atoms with Crippen LogP contribution in [-0.4, -0.2) is 26.3 Å². The first-order valence-electron chi connectivity index (χ1n) is 8.93. The summed E-state index contributed by atoms with van der Waals surface area (Å²) in [5.41, 5.74) is 9.11. The molecule has 1 atom stereocenters. The molecule has 0 saturated heterocycles. The van der Waals surface area contributed by atoms with Crippen LogP contribution in [0.25, 0.3) is 10.9 Å². The smallest absolute Gasteiger partial charge is 0.224 e. The molecule has 9 heteroatoms. The van der Waals surface area contributed by atoms with E-state index < -0.39 is 0 Å². The molecule has 1 saturated carbocycles. The summed E-state index contributed by atoms with van der Waals surface area (Å²) >= 11 is 0. The first kappa shape index (κ1) is 16.0. The standard InChI is InChI=1S/C18H19FN8/c19-12-5-11(13-9-22-25-15(13)6-12)8-21-18-20-4-3-16(24-18)23-17-7-14(26-27-17)10-1-2-10/h3-7,9-10,17,26-27H,1-2,8H2,(H,22,25)(H2,20,21,23,24). The molecule has 8 nitrogen and oxygen atoms in total. The monoisotopic (exact) mass is 366 g/mol. The summed E-state index contributed by atoms with van der Waals surface area (Å²) in [5, 5.41) is 14.1. The third-order valence-electron chi connectivity index (χ3n) is 4.74. The fourth-order valence-corrected chi connectivity index (χ4v) is 3.22. The van der Waals surface area contributed by atoms with Crippen molar-refractivity contribution in [3.8, 4) is 0 Å². The van der Waals surface area contributed by atoms with E-state index in [1.54, 1.807) is 12.4 Å². The second-order valence-electron chi connectivity index (χ2n) is 6.80. The van der Waals surface area contributed by atoms with E-state index in [1.165, 1.54) is 30.7 Å². The van der Waals surface area contributed by atoms with E-state index >= 15 is 0 Å². The normalized spacial score (nSPS) is 19.0. The van der Waals surface area contributed by atoms with Crippen molar-refractivity contribution in [2.45, 2.75) is 25.6 Å². The molecule has 5 rings (SSSR count). The topological polar surface area (TPSA) is 103 Å². The number of hydrogen-bond donors (Lipinski definition) is 5. The van der Waals surface area contributed by atoms with E-state index in [9.17, 15) is 4.39 Å². The number of anilines is 2. The van der Waals surface area contributed by atoms with Gasteiger partial charge in [-0.25, -0.2) is 14.8 Å². The van der Waals surface area contributed by atoms with Crippen molar-refractivity contribution in [1.29, 1.82) is 0 Å². The second-order valence-corrected chi connectivity index (χ2v) is 6.80. The number of hydrazine groups is 1. The summed E-state index contributed by atoms with van der Waals surface area (Å²) < 4.78 is 13.7. The van der Waals surface area contributed by atoms with Gasteiger partial charge < -0.3 is 16.1 Å². The third-order valence-corrected chi connectivity index (χ3v) is 4.74. The summed E-state index contributed by atoms with van der Waals surface area (Å²) in [5.74, 6) is 1.53. The van der Waals surface area contributed by atoms with Crippen LogP contribution in [0, 0.1) is 11.7 Å². The SMILES string of the molecule is Fc1cc(CNc2nccc(NC3C=C(C4CC4)NN3)n2)c2cn[nH]c2c1. The van der Waals surface area contributed by atoms with Gasteiger partial charge in [0.1, 0.15) is 17.8 Å². The number of nitrogens with zero attached hydrogens (tertiary/aromatic N) is 3. The lowest BCUT2D eigenvalue weighted by atomic mass is 10.1. The van der Waals surface area contributed by atoms with Gasteiger partial charge >= 0.3 is 0 Å². The van der Waals surface area contributed by atoms with Crippen LogP contribution in [0.2, 0.25) is 0 Å². The third kappa shape index (κ3) is 3.41. The number of halogens is 1. The molecule has 2 aliphatic rings. The first-order chi connectivity index (χ1) is 13.2. The van der Waals surface area contributed by atoms with E-state index in [2.05, 4.69) is 47.7 Å². The van der Waals surface area contributed by atoms with Gasteiger partial charge in [0.05, 0.1) is 11.7 Å². The van der Waals surface area contributed by atoms with Crippen LogP contribution in [0.3, 0.4) is 0 Å². The van der Waals surface area contributed by atoms with E-state index in [1.807, 2.05) is 6.07 Å². The van der Waals surface area contributed by atoms with Gasteiger partial charge in [-0.05, 0) is 48.6 Å². The predicted molar refractivity (Wildman–Crippen MR) is 99.9 cm³/mol. The Labute approximate surface area is 154 Å². The number of hydrogen-bond acceptors (Lipinski definition) is 7. The Morgan fingerprint density at radius 3 is 3.07 bits per heavy atom. The molecule has 0 radical (unpaired) electrons. The van der Waals surface area contributed by atoms with Gasteiger partial charge in [-0.3, -0.25) is 5.10 Å². The Balaban J connectivity index is 1.27. The van der Waals surface area contributed by atoms with Gasteiger partial charge in [0.25, 0.3) is 0 Å². The largest absolute Gasteiger partial charge is 0.350 e. The number of fused-ring (bicyclic) bond motifs is 1. The highest BCUT2D eigenvalue weighted by atomic mass is 19.1. The molecule has 2 aromatic heterocycles. The van der Waals surface area contributed by atoms with Crippen molar-refractivity contribution in [2.75, 3.05) is 10.6 Å². The first-order valence-corrected chi connectivity index (χ1v) is 8.93. The lowest BCUT2D eigenvalue weighted by Gasteiger charge is -2.13. The Morgan fingerprint density at radius 2 is 2.19 bits per heavy atom. The van der Waals surface area contributed by atoms with E-state index in [-0.39, 0.29) is 12.0 Å². The molecule has 5 N–H and O–H groups in total. The molecule has 1 fully saturated rings. The van der Waals surface area contributed by atoms with Gasteiger partial charge in [0.2, 0.25) is 5.95 Å². The van der Waals surface area contributed by atoms with Crippen molar-refractivity contribution >= 4 is 22.7 Å². The maximum absolute atomic E-state index is 13.7. The molecule has 0 amide bonds. The zero-order valence-corrected chi connectivity index (χ0v) is 14.5. The minimum atomic E-state index is -0.307. The Bertz CT molecular complexity index is 1010. The summed E-state index contributed by atoms with van der Waals surface area (Å²) in [6.45, 7) is 0.395. The van der Waals surface area contributed by atoms with E-state index in [4.69, 9.17) is 0 Å². The fraction of sp³-hybridized carbons (Fsp3) is 0.278. The highest BCUT2D eigenvalue weighted by molar-refractivity contribution is 5.81. The van der Waals surface area contributed by atoms with Crippen molar-refractivity contribution in [1.82, 2.24) is 31.0 Å². The molecule has 138 valence electrons. The maximum Gasteiger partial charge on any atom is 0.224 e. The molecule has 0 spiro atoms. The van der Waals surface area contributed by atoms with Crippen molar-refractivity contribution in [3.05, 3.63) is 53.7 Å². The number of aromatic amines is 1. The van der Waals surface area contributed by atoms with Gasteiger partial charge in [-0.1, -0.05) is 0 Å². The molecule has 0 bridgehead atoms. The quantitative estimate of drug-likeness (QED) is 0.456. The second kappa shape index (κ2) is 6.51. The minimum Gasteiger partial charge on any atom is -0.350 e. The number of nitrogens with one attached hydrogen (secondary N) is 5. The fourth-order valence-electron chi connectivity index (χ4n) is 3.22. The molecule has 1 aliphatic heterocycles. The Morgan fingerprint density at radius 1 is 1.26 bits per heavy atom. The molecule has 3 heterocycles. The van der Waals surface area contributed by atoms with E-state index in [0.29, 0.717) is 29.7 Å². The average Bonchev–Trinajstić information content (AvgIpc) is 3.22. The van der Waals surface area contributed by atoms with Crippen LogP contribution in [0.4, 0.5) is 16.2 Å². The number of H-pyrrole nitrogens is 1. The lowest BCUT2D eigenvalue weighted by molar-refractivity contribution is 0.599. The lowest BCUT2D eigenvalue weighted by Crippen LogP contribution is -2.37. The van der Waals surface area contributed by atoms with Crippen LogP contribution >= 0.6 is 0 Å². The average molecular weight is 366 g/mol. The zero-order chi connectivity index (χ0) is 18.2. The van der Waals surface area contributed by atoms with Crippen LogP contribution in [0.15, 0.2) is 42.4 Å². The highest BCUT2D eigenvalue weighted by Gasteiger charge is 2.29. The molecular formula is C18H19FN8. The molecule has 1 unspecified atom stereocenters. The summed E-state index contributed by atoms with van der Waals surface area (Å²) in [6.07, 6.45) is 8.00. The van der Waals surface area contributed by atoms with Crippen molar-refractivity contribution < 1.29 is 4.39 Å². The van der Waals surface area contributed by atoms with Gasteiger partial charge in [-0.2, -0.15) is 10.1 Å². The van der Waals surface area contributed by atoms with Crippen LogP contribution in [0.5, 0.6) is 0 Å². The number of benzene rings is 1. The molecular weight excluding hydrogens is 347 g/mol. The summed E-state index contributed by atoms with van der Waals surface area (Å²) in [4.78, 5) is 8.72. The number of aromatic nitrogens is 4. The minimum absolute atomic E-state index is 0.0166. The molecule has 27 heavy (non-hydrogen) atoms. The summed E-state index contributed by atoms with van der Waals surface area (Å²) in [7, 11) is 0. The van der Waals surface area contributed by atoms with Crippen LogP contribution in [0.1, 0.15) is 18.4 Å². The van der Waals surface area contributed by atoms with Gasteiger partial charge in [0.15, 0.2) is 0 Å². The molecule has 1 aliphatic carbocycles.